The molecule has 0 bridgehead atoms. The maximum absolute atomic E-state index is 13.2. The highest BCUT2D eigenvalue weighted by molar-refractivity contribution is 7.89. The topological polar surface area (TPSA) is 96.0 Å². The van der Waals surface area contributed by atoms with Gasteiger partial charge in [-0.15, -0.1) is 0 Å². The summed E-state index contributed by atoms with van der Waals surface area (Å²) in [6.07, 6.45) is 3.08. The number of sulfonamides is 1. The van der Waals surface area contributed by atoms with Crippen LogP contribution in [0.15, 0.2) is 59.5 Å². The summed E-state index contributed by atoms with van der Waals surface area (Å²) in [4.78, 5) is 27.2. The molecule has 1 N–H and O–H groups in total. The molecule has 2 fully saturated rings. The van der Waals surface area contributed by atoms with Crippen LogP contribution >= 0.6 is 0 Å². The Balaban J connectivity index is 1.38. The second-order valence-electron chi connectivity index (χ2n) is 8.79. The predicted octanol–water partition coefficient (Wildman–Crippen LogP) is 2.80. The second-order valence-corrected chi connectivity index (χ2v) is 10.7. The molecule has 0 aromatic heterocycles. The van der Waals surface area contributed by atoms with Gasteiger partial charge in [-0.25, -0.2) is 13.2 Å². The van der Waals surface area contributed by atoms with Crippen LogP contribution in [0.3, 0.4) is 0 Å². The van der Waals surface area contributed by atoms with E-state index in [4.69, 9.17) is 4.74 Å². The number of carbonyl (C=O) groups is 2. The maximum Gasteiger partial charge on any atom is 0.338 e. The summed E-state index contributed by atoms with van der Waals surface area (Å²) in [6, 6.07) is 15.8. The van der Waals surface area contributed by atoms with Gasteiger partial charge in [0.2, 0.25) is 10.0 Å². The van der Waals surface area contributed by atoms with E-state index in [1.807, 2.05) is 30.3 Å². The number of nitrogens with zero attached hydrogens (tertiary/aromatic N) is 2. The zero-order chi connectivity index (χ0) is 24.1. The van der Waals surface area contributed by atoms with Gasteiger partial charge < -0.3 is 15.0 Å². The number of hydrogen-bond donors (Lipinski definition) is 1. The highest BCUT2D eigenvalue weighted by atomic mass is 32.2. The third-order valence-electron chi connectivity index (χ3n) is 6.42. The largest absolute Gasteiger partial charge is 0.449 e. The number of benzene rings is 2. The van der Waals surface area contributed by atoms with Gasteiger partial charge in [0.15, 0.2) is 6.10 Å². The van der Waals surface area contributed by atoms with Crippen LogP contribution in [0.5, 0.6) is 0 Å². The van der Waals surface area contributed by atoms with Crippen molar-refractivity contribution in [2.24, 2.45) is 0 Å². The minimum absolute atomic E-state index is 0.0400. The molecule has 8 nitrogen and oxygen atoms in total. The Bertz CT molecular complexity index is 1110. The van der Waals surface area contributed by atoms with Crippen molar-refractivity contribution in [1.82, 2.24) is 9.62 Å². The van der Waals surface area contributed by atoms with Crippen LogP contribution in [0.4, 0.5) is 5.69 Å². The molecular weight excluding hydrogens is 454 g/mol. The molecular formula is C25H31N3O5S. The van der Waals surface area contributed by atoms with Crippen LogP contribution in [0, 0.1) is 0 Å². The first kappa shape index (κ1) is 24.2. The highest BCUT2D eigenvalue weighted by Crippen LogP contribution is 2.22. The average Bonchev–Trinajstić information content (AvgIpc) is 3.37. The Morgan fingerprint density at radius 2 is 1.65 bits per heavy atom. The Kier molecular flexibility index (Phi) is 7.53. The van der Waals surface area contributed by atoms with Gasteiger partial charge in [0, 0.05) is 37.9 Å². The molecule has 4 rings (SSSR count). The lowest BCUT2D eigenvalue weighted by molar-refractivity contribution is -0.129. The summed E-state index contributed by atoms with van der Waals surface area (Å²) in [7, 11) is -3.76. The number of hydrogen-bond acceptors (Lipinski definition) is 6. The standard InChI is InChI=1S/C25H31N3O5S/c1-19(24(29)26-21-9-5-6-10-21)33-25(30)20-8-7-13-23(18-20)34(31,32)28-16-14-27(15-17-28)22-11-3-2-4-12-22/h2-4,7-8,11-13,18-19,21H,5-6,9-10,14-17H2,1H3,(H,26,29)/t19-/m1/s1. The van der Waals surface area contributed by atoms with E-state index in [0.29, 0.717) is 26.2 Å². The summed E-state index contributed by atoms with van der Waals surface area (Å²) in [5.74, 6) is -1.06. The molecule has 2 aromatic rings. The fraction of sp³-hybridized carbons (Fsp3) is 0.440. The minimum atomic E-state index is -3.76. The van der Waals surface area contributed by atoms with Crippen LogP contribution in [-0.4, -0.2) is 62.9 Å². The smallest absolute Gasteiger partial charge is 0.338 e. The van der Waals surface area contributed by atoms with Gasteiger partial charge in [0.25, 0.3) is 5.91 Å². The van der Waals surface area contributed by atoms with Gasteiger partial charge in [-0.3, -0.25) is 4.79 Å². The molecule has 0 spiro atoms. The first-order chi connectivity index (χ1) is 16.3. The molecule has 0 unspecified atom stereocenters. The van der Waals surface area contributed by atoms with Crippen molar-refractivity contribution < 1.29 is 22.7 Å². The lowest BCUT2D eigenvalue weighted by atomic mass is 10.2. The first-order valence-corrected chi connectivity index (χ1v) is 13.2. The molecule has 1 aliphatic heterocycles. The molecule has 1 aliphatic carbocycles. The molecule has 182 valence electrons. The fourth-order valence-corrected chi connectivity index (χ4v) is 5.90. The average molecular weight is 486 g/mol. The summed E-state index contributed by atoms with van der Waals surface area (Å²) in [5.41, 5.74) is 1.17. The van der Waals surface area contributed by atoms with Crippen LogP contribution in [0.1, 0.15) is 43.0 Å². The molecule has 1 saturated heterocycles. The van der Waals surface area contributed by atoms with E-state index in [-0.39, 0.29) is 22.4 Å². The van der Waals surface area contributed by atoms with Gasteiger partial charge in [-0.05, 0) is 50.1 Å². The lowest BCUT2D eigenvalue weighted by Gasteiger charge is -2.35. The SMILES string of the molecule is C[C@@H](OC(=O)c1cccc(S(=O)(=O)N2CCN(c3ccccc3)CC2)c1)C(=O)NC1CCCC1. The summed E-state index contributed by atoms with van der Waals surface area (Å²) in [6.45, 7) is 3.39. The minimum Gasteiger partial charge on any atom is -0.449 e. The Labute approximate surface area is 200 Å². The van der Waals surface area contributed by atoms with Crippen molar-refractivity contribution in [3.63, 3.8) is 0 Å². The molecule has 2 aromatic carbocycles. The number of esters is 1. The molecule has 9 heteroatoms. The number of ether oxygens (including phenoxy) is 1. The van der Waals surface area contributed by atoms with Gasteiger partial charge >= 0.3 is 5.97 Å². The number of para-hydroxylation sites is 1. The normalized spacial score (nSPS) is 18.4. The quantitative estimate of drug-likeness (QED) is 0.606. The Morgan fingerprint density at radius 1 is 0.971 bits per heavy atom. The molecule has 1 amide bonds. The van der Waals surface area contributed by atoms with Gasteiger partial charge in [0.1, 0.15) is 0 Å². The van der Waals surface area contributed by atoms with Crippen LogP contribution in [0.25, 0.3) is 0 Å². The zero-order valence-corrected chi connectivity index (χ0v) is 20.2. The van der Waals surface area contributed by atoms with Crippen molar-refractivity contribution in [1.29, 1.82) is 0 Å². The van der Waals surface area contributed by atoms with Gasteiger partial charge in [-0.1, -0.05) is 37.1 Å². The molecule has 2 aliphatic rings. The number of carbonyl (C=O) groups excluding carboxylic acids is 2. The Morgan fingerprint density at radius 3 is 2.32 bits per heavy atom. The Hall–Kier alpha value is -2.91. The molecule has 0 radical (unpaired) electrons. The van der Waals surface area contributed by atoms with Crippen molar-refractivity contribution in [3.8, 4) is 0 Å². The van der Waals surface area contributed by atoms with Crippen molar-refractivity contribution >= 4 is 27.6 Å². The van der Waals surface area contributed by atoms with E-state index in [1.165, 1.54) is 35.5 Å². The first-order valence-electron chi connectivity index (χ1n) is 11.8. The van der Waals surface area contributed by atoms with Crippen molar-refractivity contribution in [3.05, 3.63) is 60.2 Å². The lowest BCUT2D eigenvalue weighted by Crippen LogP contribution is -2.48. The number of nitrogens with one attached hydrogen (secondary N) is 1. The van der Waals surface area contributed by atoms with E-state index >= 15 is 0 Å². The molecule has 1 atom stereocenters. The zero-order valence-electron chi connectivity index (χ0n) is 19.4. The van der Waals surface area contributed by atoms with Gasteiger partial charge in [-0.2, -0.15) is 4.31 Å². The van der Waals surface area contributed by atoms with Crippen LogP contribution in [-0.2, 0) is 19.6 Å². The van der Waals surface area contributed by atoms with E-state index in [1.54, 1.807) is 0 Å². The summed E-state index contributed by atoms with van der Waals surface area (Å²) < 4.78 is 33.2. The molecule has 34 heavy (non-hydrogen) atoms. The number of piperazine rings is 1. The summed E-state index contributed by atoms with van der Waals surface area (Å²) >= 11 is 0. The van der Waals surface area contributed by atoms with E-state index in [9.17, 15) is 18.0 Å². The number of anilines is 1. The monoisotopic (exact) mass is 485 g/mol. The van der Waals surface area contributed by atoms with E-state index < -0.39 is 22.1 Å². The fourth-order valence-electron chi connectivity index (χ4n) is 4.43. The number of amides is 1. The van der Waals surface area contributed by atoms with Gasteiger partial charge in [0.05, 0.1) is 10.5 Å². The van der Waals surface area contributed by atoms with Crippen LogP contribution < -0.4 is 10.2 Å². The van der Waals surface area contributed by atoms with Crippen molar-refractivity contribution in [2.45, 2.75) is 49.6 Å². The van der Waals surface area contributed by atoms with Crippen molar-refractivity contribution in [2.75, 3.05) is 31.1 Å². The second kappa shape index (κ2) is 10.6. The van der Waals surface area contributed by atoms with E-state index in [0.717, 1.165) is 31.4 Å². The van der Waals surface area contributed by atoms with E-state index in [2.05, 4.69) is 10.2 Å². The van der Waals surface area contributed by atoms with Crippen LogP contribution in [0.2, 0.25) is 0 Å². The highest BCUT2D eigenvalue weighted by Gasteiger charge is 2.30. The summed E-state index contributed by atoms with van der Waals surface area (Å²) in [5, 5.41) is 2.91. The number of rotatable bonds is 7. The third-order valence-corrected chi connectivity index (χ3v) is 8.32. The molecule has 1 saturated carbocycles. The maximum atomic E-state index is 13.2. The molecule has 1 heterocycles. The predicted molar refractivity (Wildman–Crippen MR) is 129 cm³/mol. The third kappa shape index (κ3) is 5.59.